The molecule has 0 radical (unpaired) electrons. The number of nitrogen functional groups attached to an aromatic ring is 1. The highest BCUT2D eigenvalue weighted by Gasteiger charge is 2.23. The summed E-state index contributed by atoms with van der Waals surface area (Å²) < 4.78 is 2.02. The number of nitrogens with two attached hydrogens (primary N) is 1. The summed E-state index contributed by atoms with van der Waals surface area (Å²) in [5, 5.41) is 16.9. The number of nitrogens with zero attached hydrogens (tertiary/aromatic N) is 4. The summed E-state index contributed by atoms with van der Waals surface area (Å²) in [7, 11) is 0. The van der Waals surface area contributed by atoms with E-state index in [2.05, 4.69) is 39.4 Å². The van der Waals surface area contributed by atoms with Crippen molar-refractivity contribution in [1.82, 2.24) is 19.5 Å². The molecule has 0 amide bonds. The largest absolute Gasteiger partial charge is 0.398 e. The number of aryl methyl sites for hydroxylation is 1. The molecule has 0 saturated heterocycles. The van der Waals surface area contributed by atoms with Crippen molar-refractivity contribution in [3.8, 4) is 0 Å². The monoisotopic (exact) mass is 411 g/mol. The summed E-state index contributed by atoms with van der Waals surface area (Å²) in [6.07, 6.45) is 1.79. The standard InChI is InChI=1S/C22H33N7O/c1-13(2)29-12-26-18-19(24-11-16-8-7-14(3)9-17(16)23)27-21(28-20(18)29)25-10-15(4)22(5,6)30/h7-9,12-13,15,30H,10-11,23H2,1-6H3,(H2,24,25,27,28). The fourth-order valence-corrected chi connectivity index (χ4v) is 3.05. The Hall–Kier alpha value is -2.87. The van der Waals surface area contributed by atoms with Crippen LogP contribution in [0.25, 0.3) is 11.2 Å². The van der Waals surface area contributed by atoms with Gasteiger partial charge >= 0.3 is 0 Å². The van der Waals surface area contributed by atoms with Gasteiger partial charge in [0.1, 0.15) is 0 Å². The topological polar surface area (TPSA) is 114 Å². The summed E-state index contributed by atoms with van der Waals surface area (Å²) in [6.45, 7) is 12.9. The predicted molar refractivity (Wildman–Crippen MR) is 123 cm³/mol. The van der Waals surface area contributed by atoms with Crippen molar-refractivity contribution < 1.29 is 5.11 Å². The van der Waals surface area contributed by atoms with Crippen LogP contribution in [0, 0.1) is 12.8 Å². The number of hydrogen-bond acceptors (Lipinski definition) is 7. The zero-order chi connectivity index (χ0) is 22.1. The summed E-state index contributed by atoms with van der Waals surface area (Å²) in [4.78, 5) is 13.9. The number of fused-ring (bicyclic) bond motifs is 1. The first-order chi connectivity index (χ1) is 14.1. The number of hydrogen-bond donors (Lipinski definition) is 4. The van der Waals surface area contributed by atoms with Gasteiger partial charge in [0.05, 0.1) is 11.9 Å². The Bertz CT molecular complexity index is 1020. The molecule has 8 heteroatoms. The molecule has 2 aromatic heterocycles. The van der Waals surface area contributed by atoms with Crippen LogP contribution in [-0.4, -0.2) is 36.8 Å². The molecule has 3 rings (SSSR count). The minimum Gasteiger partial charge on any atom is -0.398 e. The van der Waals surface area contributed by atoms with E-state index in [1.165, 1.54) is 0 Å². The molecule has 30 heavy (non-hydrogen) atoms. The quantitative estimate of drug-likeness (QED) is 0.418. The van der Waals surface area contributed by atoms with Crippen LogP contribution in [0.4, 0.5) is 17.5 Å². The number of anilines is 3. The summed E-state index contributed by atoms with van der Waals surface area (Å²) in [5.74, 6) is 1.17. The first kappa shape index (κ1) is 21.8. The zero-order valence-electron chi connectivity index (χ0n) is 18.7. The molecule has 0 aliphatic rings. The van der Waals surface area contributed by atoms with Crippen molar-refractivity contribution in [1.29, 1.82) is 0 Å². The molecule has 0 spiro atoms. The van der Waals surface area contributed by atoms with Gasteiger partial charge in [-0.05, 0) is 51.8 Å². The van der Waals surface area contributed by atoms with Gasteiger partial charge in [-0.15, -0.1) is 0 Å². The van der Waals surface area contributed by atoms with Crippen LogP contribution < -0.4 is 16.4 Å². The highest BCUT2D eigenvalue weighted by molar-refractivity contribution is 5.84. The molecule has 0 bridgehead atoms. The zero-order valence-corrected chi connectivity index (χ0v) is 18.7. The van der Waals surface area contributed by atoms with Gasteiger partial charge in [0.25, 0.3) is 0 Å². The lowest BCUT2D eigenvalue weighted by molar-refractivity contribution is 0.0303. The maximum absolute atomic E-state index is 10.2. The van der Waals surface area contributed by atoms with Crippen LogP contribution in [0.2, 0.25) is 0 Å². The van der Waals surface area contributed by atoms with E-state index in [-0.39, 0.29) is 12.0 Å². The first-order valence-corrected chi connectivity index (χ1v) is 10.4. The number of aromatic nitrogens is 4. The summed E-state index contributed by atoms with van der Waals surface area (Å²) in [6, 6.07) is 6.24. The van der Waals surface area contributed by atoms with Gasteiger partial charge in [0, 0.05) is 30.7 Å². The fourth-order valence-electron chi connectivity index (χ4n) is 3.05. The van der Waals surface area contributed by atoms with E-state index in [9.17, 15) is 5.11 Å². The molecule has 0 aliphatic heterocycles. The van der Waals surface area contributed by atoms with Gasteiger partial charge < -0.3 is 26.0 Å². The number of benzene rings is 1. The number of nitrogens with one attached hydrogen (secondary N) is 2. The molecule has 0 saturated carbocycles. The minimum atomic E-state index is -0.791. The highest BCUT2D eigenvalue weighted by atomic mass is 16.3. The second kappa shape index (κ2) is 8.47. The van der Waals surface area contributed by atoms with Crippen LogP contribution in [0.1, 0.15) is 51.8 Å². The molecular weight excluding hydrogens is 378 g/mol. The average Bonchev–Trinajstić information content (AvgIpc) is 3.08. The third-order valence-corrected chi connectivity index (χ3v) is 5.50. The average molecular weight is 412 g/mol. The molecule has 3 aromatic rings. The van der Waals surface area contributed by atoms with Crippen LogP contribution >= 0.6 is 0 Å². The molecule has 1 atom stereocenters. The molecule has 8 nitrogen and oxygen atoms in total. The van der Waals surface area contributed by atoms with E-state index >= 15 is 0 Å². The van der Waals surface area contributed by atoms with Gasteiger partial charge in [-0.1, -0.05) is 19.1 Å². The number of rotatable bonds is 8. The second-order valence-corrected chi connectivity index (χ2v) is 8.81. The van der Waals surface area contributed by atoms with Gasteiger partial charge in [0.15, 0.2) is 17.0 Å². The molecule has 0 fully saturated rings. The minimum absolute atomic E-state index is 0.0237. The third-order valence-electron chi connectivity index (χ3n) is 5.50. The lowest BCUT2D eigenvalue weighted by atomic mass is 9.93. The normalized spacial score (nSPS) is 13.1. The Morgan fingerprint density at radius 1 is 1.17 bits per heavy atom. The first-order valence-electron chi connectivity index (χ1n) is 10.4. The highest BCUT2D eigenvalue weighted by Crippen LogP contribution is 2.25. The number of aliphatic hydroxyl groups is 1. The molecule has 162 valence electrons. The summed E-state index contributed by atoms with van der Waals surface area (Å²) >= 11 is 0. The van der Waals surface area contributed by atoms with Crippen LogP contribution in [0.15, 0.2) is 24.5 Å². The molecule has 2 heterocycles. The van der Waals surface area contributed by atoms with Gasteiger partial charge in [-0.25, -0.2) is 4.98 Å². The Labute approximate surface area is 177 Å². The van der Waals surface area contributed by atoms with E-state index < -0.39 is 5.60 Å². The van der Waals surface area contributed by atoms with Crippen LogP contribution in [0.3, 0.4) is 0 Å². The molecule has 0 aliphatic carbocycles. The third kappa shape index (κ3) is 4.81. The molecule has 1 unspecified atom stereocenters. The lowest BCUT2D eigenvalue weighted by Gasteiger charge is -2.26. The van der Waals surface area contributed by atoms with Crippen LogP contribution in [0.5, 0.6) is 0 Å². The van der Waals surface area contributed by atoms with Gasteiger partial charge in [-0.3, -0.25) is 0 Å². The molecular formula is C22H33N7O. The van der Waals surface area contributed by atoms with Crippen molar-refractivity contribution in [2.24, 2.45) is 5.92 Å². The Balaban J connectivity index is 1.91. The van der Waals surface area contributed by atoms with Crippen molar-refractivity contribution in [3.63, 3.8) is 0 Å². The Kier molecular flexibility index (Phi) is 6.17. The Morgan fingerprint density at radius 2 is 1.90 bits per heavy atom. The van der Waals surface area contributed by atoms with E-state index in [1.807, 2.05) is 36.6 Å². The predicted octanol–water partition coefficient (Wildman–Crippen LogP) is 3.73. The number of imidazole rings is 1. The maximum atomic E-state index is 10.2. The van der Waals surface area contributed by atoms with Crippen molar-refractivity contribution in [2.75, 3.05) is 22.9 Å². The summed E-state index contributed by atoms with van der Waals surface area (Å²) in [5.41, 5.74) is 9.73. The van der Waals surface area contributed by atoms with Crippen LogP contribution in [-0.2, 0) is 6.54 Å². The Morgan fingerprint density at radius 3 is 2.53 bits per heavy atom. The lowest BCUT2D eigenvalue weighted by Crippen LogP contribution is -2.33. The SMILES string of the molecule is Cc1ccc(CNc2nc(NCC(C)C(C)(C)O)nc3c2ncn3C(C)C)c(N)c1. The van der Waals surface area contributed by atoms with E-state index in [1.54, 1.807) is 20.2 Å². The maximum Gasteiger partial charge on any atom is 0.226 e. The van der Waals surface area contributed by atoms with Crippen molar-refractivity contribution in [3.05, 3.63) is 35.7 Å². The van der Waals surface area contributed by atoms with Crippen molar-refractivity contribution in [2.45, 2.75) is 59.7 Å². The molecule has 1 aromatic carbocycles. The fraction of sp³-hybridized carbons (Fsp3) is 0.500. The van der Waals surface area contributed by atoms with E-state index in [0.717, 1.165) is 28.0 Å². The smallest absolute Gasteiger partial charge is 0.226 e. The van der Waals surface area contributed by atoms with Gasteiger partial charge in [-0.2, -0.15) is 9.97 Å². The van der Waals surface area contributed by atoms with Crippen molar-refractivity contribution >= 4 is 28.6 Å². The second-order valence-electron chi connectivity index (χ2n) is 8.81. The van der Waals surface area contributed by atoms with E-state index in [4.69, 9.17) is 5.73 Å². The molecule has 5 N–H and O–H groups in total. The van der Waals surface area contributed by atoms with E-state index in [0.29, 0.717) is 24.9 Å². The van der Waals surface area contributed by atoms with Gasteiger partial charge in [0.2, 0.25) is 5.95 Å².